The number of hydrogen-bond acceptors (Lipinski definition) is 1. The predicted octanol–water partition coefficient (Wildman–Crippen LogP) is 11.4. The number of hydrogen-bond donors (Lipinski definition) is 0. The van der Waals surface area contributed by atoms with Gasteiger partial charge in [-0.3, -0.25) is 0 Å². The summed E-state index contributed by atoms with van der Waals surface area (Å²) in [4.78, 5) is 0. The fourth-order valence-electron chi connectivity index (χ4n) is 7.37. The number of para-hydroxylation sites is 3. The van der Waals surface area contributed by atoms with E-state index in [0.717, 1.165) is 60.6 Å². The van der Waals surface area contributed by atoms with Crippen LogP contribution in [0, 0.1) is 0 Å². The van der Waals surface area contributed by atoms with Crippen LogP contribution in [-0.4, -0.2) is 9.13 Å². The number of aromatic nitrogens is 2. The van der Waals surface area contributed by atoms with Crippen molar-refractivity contribution in [1.29, 1.82) is 0 Å². The van der Waals surface area contributed by atoms with E-state index in [2.05, 4.69) is 167 Å². The lowest BCUT2D eigenvalue weighted by atomic mass is 10.0. The average Bonchev–Trinajstić information content (AvgIpc) is 3.76. The van der Waals surface area contributed by atoms with E-state index in [0.29, 0.717) is 0 Å². The molecule has 0 amide bonds. The maximum Gasteiger partial charge on any atom is 0.145 e. The van der Waals surface area contributed by atoms with Gasteiger partial charge in [-0.05, 0) is 77.9 Å². The molecule has 0 saturated carbocycles. The molecule has 7 aromatic carbocycles. The summed E-state index contributed by atoms with van der Waals surface area (Å²) < 4.78 is 11.8. The number of nitrogens with zero attached hydrogens (tertiary/aromatic N) is 2. The molecule has 0 aliphatic carbocycles. The van der Waals surface area contributed by atoms with E-state index < -0.39 is 0 Å². The van der Waals surface area contributed by atoms with Crippen LogP contribution in [0.2, 0.25) is 0 Å². The first-order chi connectivity index (χ1) is 22.3. The van der Waals surface area contributed by atoms with E-state index in [1.54, 1.807) is 0 Å². The van der Waals surface area contributed by atoms with Gasteiger partial charge in [0.25, 0.3) is 0 Å². The summed E-state index contributed by atoms with van der Waals surface area (Å²) in [5.74, 6) is 0. The zero-order valence-corrected chi connectivity index (χ0v) is 24.3. The van der Waals surface area contributed by atoms with Gasteiger partial charge in [0.1, 0.15) is 11.2 Å². The molecule has 0 fully saturated rings. The summed E-state index contributed by atoms with van der Waals surface area (Å²) in [7, 11) is 0. The quantitative estimate of drug-likeness (QED) is 0.206. The summed E-state index contributed by atoms with van der Waals surface area (Å²) in [5.41, 5.74) is 11.1. The fourth-order valence-corrected chi connectivity index (χ4v) is 7.37. The van der Waals surface area contributed by atoms with Crippen LogP contribution < -0.4 is 0 Å². The molecule has 0 N–H and O–H groups in total. The van der Waals surface area contributed by atoms with Gasteiger partial charge in [0, 0.05) is 32.9 Å². The van der Waals surface area contributed by atoms with Crippen LogP contribution in [0.3, 0.4) is 0 Å². The molecule has 0 unspecified atom stereocenters. The van der Waals surface area contributed by atoms with Crippen LogP contribution >= 0.6 is 0 Å². The van der Waals surface area contributed by atoms with Crippen molar-refractivity contribution in [3.05, 3.63) is 158 Å². The highest BCUT2D eigenvalue weighted by atomic mass is 16.3. The van der Waals surface area contributed by atoms with Crippen molar-refractivity contribution in [2.75, 3.05) is 0 Å². The lowest BCUT2D eigenvalue weighted by Gasteiger charge is -2.08. The second-order valence-electron chi connectivity index (χ2n) is 11.7. The first-order valence-electron chi connectivity index (χ1n) is 15.4. The molecule has 3 heteroatoms. The van der Waals surface area contributed by atoms with Gasteiger partial charge in [0.05, 0.1) is 32.8 Å². The Morgan fingerprint density at radius 2 is 0.822 bits per heavy atom. The zero-order valence-electron chi connectivity index (χ0n) is 24.3. The second kappa shape index (κ2) is 9.22. The molecule has 210 valence electrons. The monoisotopic (exact) mass is 574 g/mol. The molecular weight excluding hydrogens is 548 g/mol. The maximum absolute atomic E-state index is 7.11. The number of benzene rings is 7. The molecule has 3 aromatic heterocycles. The van der Waals surface area contributed by atoms with Crippen molar-refractivity contribution in [3.63, 3.8) is 0 Å². The van der Waals surface area contributed by atoms with Crippen LogP contribution in [0.15, 0.2) is 162 Å². The van der Waals surface area contributed by atoms with Gasteiger partial charge in [-0.15, -0.1) is 0 Å². The Morgan fingerprint density at radius 3 is 1.44 bits per heavy atom. The summed E-state index contributed by atoms with van der Waals surface area (Å²) in [6, 6.07) is 56.3. The lowest BCUT2D eigenvalue weighted by molar-refractivity contribution is 0.677. The highest BCUT2D eigenvalue weighted by Crippen LogP contribution is 2.45. The Hall–Kier alpha value is -6.06. The van der Waals surface area contributed by atoms with Crippen molar-refractivity contribution in [2.24, 2.45) is 0 Å². The minimum Gasteiger partial charge on any atom is -0.455 e. The minimum atomic E-state index is 0.927. The fraction of sp³-hybridized carbons (Fsp3) is 0. The van der Waals surface area contributed by atoms with Gasteiger partial charge in [0.15, 0.2) is 0 Å². The molecule has 0 atom stereocenters. The first kappa shape index (κ1) is 24.4. The first-order valence-corrected chi connectivity index (χ1v) is 15.4. The van der Waals surface area contributed by atoms with Crippen molar-refractivity contribution >= 4 is 65.6 Å². The van der Waals surface area contributed by atoms with Crippen LogP contribution in [0.4, 0.5) is 0 Å². The van der Waals surface area contributed by atoms with Crippen molar-refractivity contribution in [3.8, 4) is 22.5 Å². The maximum atomic E-state index is 7.11. The molecule has 10 rings (SSSR count). The Bertz CT molecular complexity index is 2730. The van der Waals surface area contributed by atoms with E-state index >= 15 is 0 Å². The largest absolute Gasteiger partial charge is 0.455 e. The number of rotatable bonds is 3. The summed E-state index contributed by atoms with van der Waals surface area (Å²) in [6.45, 7) is 0. The number of fused-ring (bicyclic) bond motifs is 11. The summed E-state index contributed by atoms with van der Waals surface area (Å²) in [5, 5.41) is 6.93. The van der Waals surface area contributed by atoms with Crippen LogP contribution in [0.1, 0.15) is 0 Å². The van der Waals surface area contributed by atoms with Crippen LogP contribution in [-0.2, 0) is 0 Å². The van der Waals surface area contributed by atoms with E-state index in [1.165, 1.54) is 27.4 Å². The summed E-state index contributed by atoms with van der Waals surface area (Å²) >= 11 is 0. The van der Waals surface area contributed by atoms with Crippen molar-refractivity contribution < 1.29 is 4.42 Å². The molecule has 3 nitrogen and oxygen atoms in total. The average molecular weight is 575 g/mol. The molecule has 0 radical (unpaired) electrons. The molecule has 45 heavy (non-hydrogen) atoms. The molecule has 0 aliphatic rings. The highest BCUT2D eigenvalue weighted by Gasteiger charge is 2.22. The van der Waals surface area contributed by atoms with E-state index in [1.807, 2.05) is 0 Å². The molecule has 0 saturated heterocycles. The van der Waals surface area contributed by atoms with Gasteiger partial charge >= 0.3 is 0 Å². The topological polar surface area (TPSA) is 23.0 Å². The van der Waals surface area contributed by atoms with Crippen molar-refractivity contribution in [1.82, 2.24) is 9.13 Å². The molecular formula is C42H26N2O. The molecule has 0 spiro atoms. The normalized spacial score (nSPS) is 12.0. The Labute approximate surface area is 258 Å². The van der Waals surface area contributed by atoms with E-state index in [-0.39, 0.29) is 0 Å². The van der Waals surface area contributed by atoms with Crippen LogP contribution in [0.5, 0.6) is 0 Å². The molecule has 0 aliphatic heterocycles. The van der Waals surface area contributed by atoms with Crippen molar-refractivity contribution in [2.45, 2.75) is 0 Å². The van der Waals surface area contributed by atoms with Gasteiger partial charge in [-0.25, -0.2) is 0 Å². The Balaban J connectivity index is 1.36. The van der Waals surface area contributed by atoms with E-state index in [4.69, 9.17) is 4.42 Å². The zero-order chi connectivity index (χ0) is 29.5. The Morgan fingerprint density at radius 1 is 0.333 bits per heavy atom. The van der Waals surface area contributed by atoms with Crippen LogP contribution in [0.25, 0.3) is 88.1 Å². The van der Waals surface area contributed by atoms with Gasteiger partial charge in [-0.1, -0.05) is 91.0 Å². The Kier molecular flexibility index (Phi) is 5.00. The third kappa shape index (κ3) is 3.41. The van der Waals surface area contributed by atoms with Gasteiger partial charge < -0.3 is 13.6 Å². The third-order valence-corrected chi connectivity index (χ3v) is 9.30. The highest BCUT2D eigenvalue weighted by molar-refractivity contribution is 6.29. The molecule has 10 aromatic rings. The third-order valence-electron chi connectivity index (χ3n) is 9.30. The number of furan rings is 1. The van der Waals surface area contributed by atoms with Gasteiger partial charge in [-0.2, -0.15) is 0 Å². The van der Waals surface area contributed by atoms with Gasteiger partial charge in [0.2, 0.25) is 0 Å². The van der Waals surface area contributed by atoms with E-state index in [9.17, 15) is 0 Å². The standard InChI is InChI=1S/C42H26N2O/c1-4-12-27(13-5-1)28-20-23-36-34(26-28)40-38(44(36)30-16-8-3-9-17-30)25-22-32-31-21-24-37-39(41(31)45-42(32)40)33-18-10-11-19-35(33)43(37)29-14-6-2-7-15-29/h1-26H. The minimum absolute atomic E-state index is 0.927. The SMILES string of the molecule is c1ccc(-c2ccc3c(c2)c2c4oc5c(ccc6c5c5ccccc5n6-c5ccccc5)c4ccc2n3-c2ccccc2)cc1. The summed E-state index contributed by atoms with van der Waals surface area (Å²) in [6.07, 6.45) is 0. The predicted molar refractivity (Wildman–Crippen MR) is 188 cm³/mol. The molecule has 3 heterocycles. The molecule has 0 bridgehead atoms. The smallest absolute Gasteiger partial charge is 0.145 e. The lowest BCUT2D eigenvalue weighted by Crippen LogP contribution is -1.92. The second-order valence-corrected chi connectivity index (χ2v) is 11.7.